The lowest BCUT2D eigenvalue weighted by molar-refractivity contribution is -0.137. The number of fused-ring (bicyclic) bond motifs is 1. The third-order valence-corrected chi connectivity index (χ3v) is 4.33. The first kappa shape index (κ1) is 16.4. The van der Waals surface area contributed by atoms with E-state index in [2.05, 4.69) is 10.5 Å². The number of benzene rings is 2. The lowest BCUT2D eigenvalue weighted by Crippen LogP contribution is -2.21. The van der Waals surface area contributed by atoms with Gasteiger partial charge in [-0.15, -0.1) is 0 Å². The number of hydrazone groups is 1. The van der Waals surface area contributed by atoms with Gasteiger partial charge >= 0.3 is 6.18 Å². The molecule has 1 N–H and O–H groups in total. The van der Waals surface area contributed by atoms with Crippen molar-refractivity contribution < 1.29 is 27.4 Å². The maximum Gasteiger partial charge on any atom is 0.416 e. The number of alkyl halides is 3. The van der Waals surface area contributed by atoms with E-state index in [0.29, 0.717) is 18.0 Å². The molecule has 5 nitrogen and oxygen atoms in total. The summed E-state index contributed by atoms with van der Waals surface area (Å²) in [6, 6.07) is 9.50. The number of hydrogen-bond donors (Lipinski definition) is 1. The summed E-state index contributed by atoms with van der Waals surface area (Å²) in [6.45, 7) is 0.564. The van der Waals surface area contributed by atoms with Gasteiger partial charge in [0.05, 0.1) is 11.5 Å². The Bertz CT molecular complexity index is 892. The van der Waals surface area contributed by atoms with Crippen LogP contribution in [0.4, 0.5) is 13.2 Å². The molecule has 2 aromatic rings. The zero-order valence-electron chi connectivity index (χ0n) is 13.3. The van der Waals surface area contributed by atoms with Gasteiger partial charge in [-0.3, -0.25) is 4.79 Å². The van der Waals surface area contributed by atoms with Crippen molar-refractivity contribution in [3.05, 3.63) is 59.2 Å². The zero-order chi connectivity index (χ0) is 18.3. The number of ketones is 1. The Labute approximate surface area is 146 Å². The van der Waals surface area contributed by atoms with Gasteiger partial charge in [0.15, 0.2) is 11.5 Å². The fourth-order valence-electron chi connectivity index (χ4n) is 2.97. The smallest absolute Gasteiger partial charge is 0.416 e. The molecular weight excluding hydrogens is 349 g/mol. The topological polar surface area (TPSA) is 59.9 Å². The second-order valence-electron chi connectivity index (χ2n) is 5.93. The molecule has 0 saturated heterocycles. The van der Waals surface area contributed by atoms with E-state index in [0.717, 1.165) is 17.7 Å². The fraction of sp³-hybridized carbons (Fsp3) is 0.222. The number of rotatable bonds is 3. The van der Waals surface area contributed by atoms with Gasteiger partial charge in [-0.1, -0.05) is 18.2 Å². The molecule has 8 heteroatoms. The average molecular weight is 362 g/mol. The Kier molecular flexibility index (Phi) is 3.82. The van der Waals surface area contributed by atoms with Crippen molar-refractivity contribution in [3.63, 3.8) is 0 Å². The van der Waals surface area contributed by atoms with E-state index < -0.39 is 17.5 Å². The highest BCUT2D eigenvalue weighted by Gasteiger charge is 2.33. The highest BCUT2D eigenvalue weighted by molar-refractivity contribution is 6.48. The van der Waals surface area contributed by atoms with Crippen LogP contribution in [-0.4, -0.2) is 24.8 Å². The minimum atomic E-state index is -4.44. The van der Waals surface area contributed by atoms with Crippen LogP contribution in [0.15, 0.2) is 47.6 Å². The molecule has 1 unspecified atom stereocenters. The predicted octanol–water partition coefficient (Wildman–Crippen LogP) is 3.36. The van der Waals surface area contributed by atoms with Crippen LogP contribution >= 0.6 is 0 Å². The Balaban J connectivity index is 1.59. The standard InChI is InChI=1S/C18H13F3N2O3/c19-18(20,21)12-4-1-10(2-5-12)17(24)16-13(8-22-23-16)11-3-6-14-15(7-11)26-9-25-14/h1-7,13,22H,8-9H2. The van der Waals surface area contributed by atoms with Crippen LogP contribution in [0.3, 0.4) is 0 Å². The van der Waals surface area contributed by atoms with E-state index in [1.54, 1.807) is 12.1 Å². The number of carbonyl (C=O) groups excluding carboxylic acids is 1. The molecule has 0 bridgehead atoms. The molecule has 0 aliphatic carbocycles. The molecular formula is C18H13F3N2O3. The first-order valence-corrected chi connectivity index (χ1v) is 7.85. The monoisotopic (exact) mass is 362 g/mol. The summed E-state index contributed by atoms with van der Waals surface area (Å²) in [5, 5.41) is 4.06. The van der Waals surface area contributed by atoms with E-state index in [-0.39, 0.29) is 24.0 Å². The molecule has 134 valence electrons. The van der Waals surface area contributed by atoms with Gasteiger partial charge in [-0.25, -0.2) is 0 Å². The van der Waals surface area contributed by atoms with Gasteiger partial charge in [0.2, 0.25) is 12.6 Å². The maximum absolute atomic E-state index is 12.7. The summed E-state index contributed by atoms with van der Waals surface area (Å²) >= 11 is 0. The van der Waals surface area contributed by atoms with Crippen molar-refractivity contribution in [3.8, 4) is 11.5 Å². The predicted molar refractivity (Wildman–Crippen MR) is 86.5 cm³/mol. The van der Waals surface area contributed by atoms with E-state index in [1.807, 2.05) is 6.07 Å². The third kappa shape index (κ3) is 2.87. The summed E-state index contributed by atoms with van der Waals surface area (Å²) in [7, 11) is 0. The summed E-state index contributed by atoms with van der Waals surface area (Å²) in [5.74, 6) is 0.494. The summed E-state index contributed by atoms with van der Waals surface area (Å²) in [4.78, 5) is 12.7. The molecule has 26 heavy (non-hydrogen) atoms. The van der Waals surface area contributed by atoms with Crippen molar-refractivity contribution in [2.45, 2.75) is 12.1 Å². The van der Waals surface area contributed by atoms with Gasteiger partial charge in [0.25, 0.3) is 0 Å². The van der Waals surface area contributed by atoms with Crippen LogP contribution in [0.2, 0.25) is 0 Å². The second kappa shape index (κ2) is 6.05. The number of carbonyl (C=O) groups is 1. The Morgan fingerprint density at radius 2 is 1.81 bits per heavy atom. The molecule has 2 aliphatic heterocycles. The van der Waals surface area contributed by atoms with E-state index >= 15 is 0 Å². The molecule has 0 radical (unpaired) electrons. The van der Waals surface area contributed by atoms with Gasteiger partial charge in [-0.05, 0) is 29.8 Å². The molecule has 2 aromatic carbocycles. The number of nitrogens with zero attached hydrogens (tertiary/aromatic N) is 1. The van der Waals surface area contributed by atoms with Crippen LogP contribution in [0.5, 0.6) is 11.5 Å². The minimum Gasteiger partial charge on any atom is -0.454 e. The highest BCUT2D eigenvalue weighted by atomic mass is 19.4. The maximum atomic E-state index is 12.7. The Hall–Kier alpha value is -3.03. The average Bonchev–Trinajstić information content (AvgIpc) is 3.28. The fourth-order valence-corrected chi connectivity index (χ4v) is 2.97. The summed E-state index contributed by atoms with van der Waals surface area (Å²) < 4.78 is 48.6. The van der Waals surface area contributed by atoms with Gasteiger partial charge in [0, 0.05) is 12.1 Å². The molecule has 0 saturated carbocycles. The van der Waals surface area contributed by atoms with Crippen LogP contribution in [0.25, 0.3) is 0 Å². The number of Topliss-reactive ketones (excluding diaryl/α,β-unsaturated/α-hetero) is 1. The Morgan fingerprint density at radius 1 is 1.08 bits per heavy atom. The highest BCUT2D eigenvalue weighted by Crippen LogP contribution is 2.36. The number of ether oxygens (including phenoxy) is 2. The van der Waals surface area contributed by atoms with Crippen molar-refractivity contribution in [1.29, 1.82) is 0 Å². The molecule has 0 spiro atoms. The van der Waals surface area contributed by atoms with Crippen LogP contribution in [0.1, 0.15) is 27.4 Å². The lowest BCUT2D eigenvalue weighted by Gasteiger charge is -2.13. The van der Waals surface area contributed by atoms with Crippen molar-refractivity contribution in [1.82, 2.24) is 5.43 Å². The summed E-state index contributed by atoms with van der Waals surface area (Å²) in [5.41, 5.74) is 3.22. The van der Waals surface area contributed by atoms with Gasteiger partial charge in [-0.2, -0.15) is 18.3 Å². The number of nitrogens with one attached hydrogen (secondary N) is 1. The molecule has 0 aromatic heterocycles. The van der Waals surface area contributed by atoms with Crippen molar-refractivity contribution >= 4 is 11.5 Å². The SMILES string of the molecule is O=C(C1=NNCC1c1ccc2c(c1)OCO2)c1ccc(C(F)(F)F)cc1. The zero-order valence-corrected chi connectivity index (χ0v) is 13.3. The molecule has 0 amide bonds. The number of halogens is 3. The Morgan fingerprint density at radius 3 is 2.54 bits per heavy atom. The molecule has 0 fully saturated rings. The summed E-state index contributed by atoms with van der Waals surface area (Å²) in [6.07, 6.45) is -4.44. The van der Waals surface area contributed by atoms with Crippen LogP contribution in [-0.2, 0) is 6.18 Å². The first-order chi connectivity index (χ1) is 12.4. The second-order valence-corrected chi connectivity index (χ2v) is 5.93. The molecule has 1 atom stereocenters. The first-order valence-electron chi connectivity index (χ1n) is 7.85. The largest absolute Gasteiger partial charge is 0.454 e. The van der Waals surface area contributed by atoms with Crippen LogP contribution in [0, 0.1) is 0 Å². The van der Waals surface area contributed by atoms with Crippen molar-refractivity contribution in [2.75, 3.05) is 13.3 Å². The van der Waals surface area contributed by atoms with E-state index in [4.69, 9.17) is 9.47 Å². The van der Waals surface area contributed by atoms with E-state index in [1.165, 1.54) is 12.1 Å². The van der Waals surface area contributed by atoms with Crippen molar-refractivity contribution in [2.24, 2.45) is 5.10 Å². The molecule has 4 rings (SSSR count). The quantitative estimate of drug-likeness (QED) is 0.851. The molecule has 2 heterocycles. The minimum absolute atomic E-state index is 0.146. The normalized spacial score (nSPS) is 18.4. The van der Waals surface area contributed by atoms with E-state index in [9.17, 15) is 18.0 Å². The van der Waals surface area contributed by atoms with Gasteiger partial charge in [0.1, 0.15) is 5.71 Å². The van der Waals surface area contributed by atoms with Gasteiger partial charge < -0.3 is 14.9 Å². The lowest BCUT2D eigenvalue weighted by atomic mass is 9.90. The third-order valence-electron chi connectivity index (χ3n) is 4.33. The molecule has 2 aliphatic rings. The van der Waals surface area contributed by atoms with Crippen LogP contribution < -0.4 is 14.9 Å². The number of hydrogen-bond acceptors (Lipinski definition) is 5.